The first kappa shape index (κ1) is 15.2. The van der Waals surface area contributed by atoms with Gasteiger partial charge in [0.05, 0.1) is 24.9 Å². The Morgan fingerprint density at radius 2 is 2.00 bits per heavy atom. The van der Waals surface area contributed by atoms with E-state index >= 15 is 0 Å². The summed E-state index contributed by atoms with van der Waals surface area (Å²) in [5.41, 5.74) is 0.116. The van der Waals surface area contributed by atoms with Crippen molar-refractivity contribution in [1.82, 2.24) is 0 Å². The fraction of sp³-hybridized carbons (Fsp3) is 0.600. The molecular weight excluding hydrogens is 269 g/mol. The van der Waals surface area contributed by atoms with E-state index in [-0.39, 0.29) is 12.0 Å². The Hall–Kier alpha value is -1.23. The zero-order valence-corrected chi connectivity index (χ0v) is 11.8. The van der Waals surface area contributed by atoms with Crippen molar-refractivity contribution in [1.29, 1.82) is 0 Å². The molecule has 1 aromatic rings. The van der Waals surface area contributed by atoms with Gasteiger partial charge in [-0.05, 0) is 36.5 Å². The first-order valence-electron chi connectivity index (χ1n) is 6.77. The fourth-order valence-electron chi connectivity index (χ4n) is 2.52. The predicted molar refractivity (Wildman–Crippen MR) is 70.0 cm³/mol. The molecule has 0 amide bonds. The van der Waals surface area contributed by atoms with E-state index in [0.29, 0.717) is 11.9 Å². The molecule has 0 bridgehead atoms. The number of hydrogen-bond acceptors (Lipinski definition) is 2. The summed E-state index contributed by atoms with van der Waals surface area (Å²) in [7, 11) is 1.40. The van der Waals surface area contributed by atoms with Crippen LogP contribution in [0.3, 0.4) is 0 Å². The van der Waals surface area contributed by atoms with Crippen LogP contribution in [0.5, 0.6) is 5.75 Å². The van der Waals surface area contributed by atoms with E-state index in [1.165, 1.54) is 13.2 Å². The molecule has 2 nitrogen and oxygen atoms in total. The highest BCUT2D eigenvalue weighted by molar-refractivity contribution is 5.40. The van der Waals surface area contributed by atoms with Crippen molar-refractivity contribution in [3.8, 4) is 5.75 Å². The Bertz CT molecular complexity index is 471. The maximum absolute atomic E-state index is 12.7. The summed E-state index contributed by atoms with van der Waals surface area (Å²) in [5.74, 6) is 0.398. The average molecular weight is 288 g/mol. The molecule has 0 radical (unpaired) electrons. The van der Waals surface area contributed by atoms with Crippen LogP contribution in [0, 0.1) is 0 Å². The molecule has 0 spiro atoms. The minimum absolute atomic E-state index is 0.105. The highest BCUT2D eigenvalue weighted by Crippen LogP contribution is 2.39. The molecule has 1 heterocycles. The van der Waals surface area contributed by atoms with Crippen molar-refractivity contribution in [3.63, 3.8) is 0 Å². The van der Waals surface area contributed by atoms with Gasteiger partial charge in [-0.2, -0.15) is 13.2 Å². The summed E-state index contributed by atoms with van der Waals surface area (Å²) < 4.78 is 48.6. The number of alkyl halides is 3. The second kappa shape index (κ2) is 5.64. The van der Waals surface area contributed by atoms with Crippen molar-refractivity contribution in [2.75, 3.05) is 7.11 Å². The number of hydrogen-bond donors (Lipinski definition) is 0. The first-order chi connectivity index (χ1) is 9.36. The summed E-state index contributed by atoms with van der Waals surface area (Å²) in [4.78, 5) is 0. The topological polar surface area (TPSA) is 21.8 Å². The normalized spacial score (nSPS) is 23.5. The van der Waals surface area contributed by atoms with Gasteiger partial charge < -0.3 is 9.47 Å². The second-order valence-corrected chi connectivity index (χ2v) is 5.21. The van der Waals surface area contributed by atoms with E-state index in [2.05, 4.69) is 6.92 Å². The maximum atomic E-state index is 12.7. The second-order valence-electron chi connectivity index (χ2n) is 5.21. The van der Waals surface area contributed by atoms with Gasteiger partial charge >= 0.3 is 6.18 Å². The Morgan fingerprint density at radius 1 is 1.30 bits per heavy atom. The van der Waals surface area contributed by atoms with E-state index < -0.39 is 11.7 Å². The molecule has 0 saturated carbocycles. The molecule has 0 aliphatic carbocycles. The average Bonchev–Trinajstić information content (AvgIpc) is 3.15. The van der Waals surface area contributed by atoms with Crippen LogP contribution in [0.25, 0.3) is 0 Å². The molecule has 5 heteroatoms. The van der Waals surface area contributed by atoms with Gasteiger partial charge in [0.15, 0.2) is 0 Å². The van der Waals surface area contributed by atoms with Gasteiger partial charge in [-0.15, -0.1) is 0 Å². The number of ether oxygens (including phenoxy) is 2. The first-order valence-corrected chi connectivity index (χ1v) is 6.77. The quantitative estimate of drug-likeness (QED) is 0.750. The summed E-state index contributed by atoms with van der Waals surface area (Å²) in [6.45, 7) is 4.05. The van der Waals surface area contributed by atoms with E-state index in [1.54, 1.807) is 0 Å². The van der Waals surface area contributed by atoms with Crippen molar-refractivity contribution in [2.24, 2.45) is 0 Å². The van der Waals surface area contributed by atoms with E-state index in [0.717, 1.165) is 30.5 Å². The molecule has 20 heavy (non-hydrogen) atoms. The van der Waals surface area contributed by atoms with E-state index in [9.17, 15) is 13.2 Å². The van der Waals surface area contributed by atoms with Gasteiger partial charge in [0.2, 0.25) is 0 Å². The van der Waals surface area contributed by atoms with Gasteiger partial charge in [-0.3, -0.25) is 0 Å². The molecule has 1 aliphatic heterocycles. The lowest BCUT2D eigenvalue weighted by Crippen LogP contribution is -2.08. The molecule has 1 aromatic carbocycles. The number of rotatable bonds is 5. The Labute approximate surface area is 116 Å². The van der Waals surface area contributed by atoms with Gasteiger partial charge in [0.1, 0.15) is 5.75 Å². The van der Waals surface area contributed by atoms with Crippen LogP contribution in [-0.4, -0.2) is 19.3 Å². The van der Waals surface area contributed by atoms with Gasteiger partial charge in [0.25, 0.3) is 0 Å². The Balaban J connectivity index is 2.15. The van der Waals surface area contributed by atoms with Gasteiger partial charge in [-0.25, -0.2) is 0 Å². The SMILES string of the molecule is CCC1OC1CC(C)c1ccc(C(F)(F)F)cc1OC. The molecular formula is C15H19F3O2. The van der Waals surface area contributed by atoms with Crippen LogP contribution >= 0.6 is 0 Å². The van der Waals surface area contributed by atoms with Crippen molar-refractivity contribution >= 4 is 0 Å². The van der Waals surface area contributed by atoms with Crippen LogP contribution in [0.2, 0.25) is 0 Å². The molecule has 1 aliphatic rings. The van der Waals surface area contributed by atoms with Crippen LogP contribution < -0.4 is 4.74 Å². The molecule has 1 saturated heterocycles. The predicted octanol–water partition coefficient (Wildman–Crippen LogP) is 4.39. The zero-order chi connectivity index (χ0) is 14.9. The van der Waals surface area contributed by atoms with Crippen molar-refractivity contribution < 1.29 is 22.6 Å². The minimum Gasteiger partial charge on any atom is -0.496 e. The Morgan fingerprint density at radius 3 is 2.50 bits per heavy atom. The lowest BCUT2D eigenvalue weighted by Gasteiger charge is -2.17. The number of epoxide rings is 1. The summed E-state index contributed by atoms with van der Waals surface area (Å²) in [6.07, 6.45) is -2.04. The lowest BCUT2D eigenvalue weighted by atomic mass is 9.93. The molecule has 3 unspecified atom stereocenters. The van der Waals surface area contributed by atoms with E-state index in [1.807, 2.05) is 6.92 Å². The summed E-state index contributed by atoms with van der Waals surface area (Å²) in [6, 6.07) is 3.69. The molecule has 1 fully saturated rings. The number of halogens is 3. The maximum Gasteiger partial charge on any atom is 0.416 e. The molecule has 2 rings (SSSR count). The fourth-order valence-corrected chi connectivity index (χ4v) is 2.52. The Kier molecular flexibility index (Phi) is 4.28. The van der Waals surface area contributed by atoms with Crippen LogP contribution in [0.15, 0.2) is 18.2 Å². The molecule has 0 N–H and O–H groups in total. The van der Waals surface area contributed by atoms with Crippen molar-refractivity contribution in [2.45, 2.75) is 51.0 Å². The van der Waals surface area contributed by atoms with Crippen molar-refractivity contribution in [3.05, 3.63) is 29.3 Å². The van der Waals surface area contributed by atoms with Gasteiger partial charge in [-0.1, -0.05) is 19.9 Å². The number of methoxy groups -OCH3 is 1. The van der Waals surface area contributed by atoms with Crippen LogP contribution in [-0.2, 0) is 10.9 Å². The monoisotopic (exact) mass is 288 g/mol. The minimum atomic E-state index is -4.35. The largest absolute Gasteiger partial charge is 0.496 e. The zero-order valence-electron chi connectivity index (χ0n) is 11.8. The highest BCUT2D eigenvalue weighted by atomic mass is 19.4. The van der Waals surface area contributed by atoms with E-state index in [4.69, 9.17) is 9.47 Å². The third-order valence-electron chi connectivity index (χ3n) is 3.77. The summed E-state index contributed by atoms with van der Waals surface area (Å²) >= 11 is 0. The van der Waals surface area contributed by atoms with Crippen LogP contribution in [0.4, 0.5) is 13.2 Å². The third kappa shape index (κ3) is 3.26. The number of benzene rings is 1. The third-order valence-corrected chi connectivity index (χ3v) is 3.77. The van der Waals surface area contributed by atoms with Gasteiger partial charge in [0, 0.05) is 0 Å². The summed E-state index contributed by atoms with van der Waals surface area (Å²) in [5, 5.41) is 0. The molecule has 0 aromatic heterocycles. The molecule has 112 valence electrons. The highest BCUT2D eigenvalue weighted by Gasteiger charge is 2.38. The molecule has 3 atom stereocenters. The lowest BCUT2D eigenvalue weighted by molar-refractivity contribution is -0.137. The standard InChI is InChI=1S/C15H19F3O2/c1-4-12-14(20-12)7-9(2)11-6-5-10(15(16,17)18)8-13(11)19-3/h5-6,8-9,12,14H,4,7H2,1-3H3. The van der Waals surface area contributed by atoms with Crippen LogP contribution in [0.1, 0.15) is 43.7 Å². The smallest absolute Gasteiger partial charge is 0.416 e.